The summed E-state index contributed by atoms with van der Waals surface area (Å²) in [6.45, 7) is 22.1. The minimum atomic E-state index is -0.263. The van der Waals surface area contributed by atoms with Crippen LogP contribution < -0.4 is 47.9 Å². The summed E-state index contributed by atoms with van der Waals surface area (Å²) in [5, 5.41) is 26.4. The lowest BCUT2D eigenvalue weighted by Crippen LogP contribution is -2.34. The van der Waals surface area contributed by atoms with Gasteiger partial charge in [-0.15, -0.1) is 0 Å². The van der Waals surface area contributed by atoms with Crippen molar-refractivity contribution in [3.8, 4) is 0 Å². The van der Waals surface area contributed by atoms with Gasteiger partial charge in [0.25, 0.3) is 17.7 Å². The molecule has 0 atom stereocenters. The zero-order chi connectivity index (χ0) is 71.2. The Balaban J connectivity index is 0.000000306. The molecule has 0 spiro atoms. The van der Waals surface area contributed by atoms with Gasteiger partial charge in [0.05, 0.1) is 0 Å². The van der Waals surface area contributed by atoms with Crippen LogP contribution in [0.2, 0.25) is 0 Å². The van der Waals surface area contributed by atoms with Crippen LogP contribution in [0.3, 0.4) is 0 Å². The van der Waals surface area contributed by atoms with E-state index in [1.54, 1.807) is 109 Å². The molecule has 6 aromatic carbocycles. The van der Waals surface area contributed by atoms with E-state index in [2.05, 4.69) is 125 Å². The van der Waals surface area contributed by atoms with Crippen molar-refractivity contribution >= 4 is 122 Å². The molecule has 0 aliphatic rings. The molecule has 0 aromatic heterocycles. The predicted molar refractivity (Wildman–Crippen MR) is 409 cm³/mol. The first-order chi connectivity index (χ1) is 45.1. The van der Waals surface area contributed by atoms with Crippen molar-refractivity contribution in [1.82, 2.24) is 30.7 Å². The molecular weight excluding hydrogens is 1260 g/mol. The third kappa shape index (κ3) is 32.0. The van der Waals surface area contributed by atoms with Gasteiger partial charge in [-0.25, -0.2) is 0 Å². The highest BCUT2D eigenvalue weighted by Crippen LogP contribution is 2.25. The molecule has 0 fully saturated rings. The molecule has 6 rings (SSSR count). The number of nitrogens with one attached hydrogen (secondary N) is 9. The Morgan fingerprint density at radius 2 is 0.479 bits per heavy atom. The molecule has 0 bridgehead atoms. The summed E-state index contributed by atoms with van der Waals surface area (Å²) in [6, 6.07) is 44.2. The monoisotopic (exact) mass is 1360 g/mol. The van der Waals surface area contributed by atoms with Crippen molar-refractivity contribution in [2.75, 3.05) is 93.8 Å². The molecule has 0 saturated carbocycles. The van der Waals surface area contributed by atoms with Gasteiger partial charge in [0.15, 0.2) is 15.3 Å². The number of nitrogens with zero attached hydrogens (tertiary/aromatic N) is 3. The maximum Gasteiger partial charge on any atom is 0.257 e. The zero-order valence-electron chi connectivity index (χ0n) is 58.9. The average molecular weight is 1360 g/mol. The van der Waals surface area contributed by atoms with Crippen LogP contribution in [0.1, 0.15) is 168 Å². The summed E-state index contributed by atoms with van der Waals surface area (Å²) in [5.74, 6) is -0.775. The van der Waals surface area contributed by atoms with Crippen molar-refractivity contribution in [2.24, 2.45) is 0 Å². The zero-order valence-corrected chi connectivity index (χ0v) is 61.3. The molecule has 516 valence electrons. The molecule has 9 N–H and O–H groups in total. The first-order valence-electron chi connectivity index (χ1n) is 32.5. The number of thiocarbonyl (C=S) groups is 3. The molecule has 0 heterocycles. The molecule has 96 heavy (non-hydrogen) atoms. The van der Waals surface area contributed by atoms with E-state index < -0.39 is 0 Å². The van der Waals surface area contributed by atoms with Crippen molar-refractivity contribution in [3.63, 3.8) is 0 Å². The van der Waals surface area contributed by atoms with Crippen LogP contribution in [0.15, 0.2) is 146 Å². The molecule has 0 radical (unpaired) electrons. The summed E-state index contributed by atoms with van der Waals surface area (Å²) >= 11 is 15.8. The van der Waals surface area contributed by atoms with Crippen molar-refractivity contribution in [3.05, 3.63) is 179 Å². The highest BCUT2D eigenvalue weighted by molar-refractivity contribution is 7.81. The van der Waals surface area contributed by atoms with E-state index in [9.17, 15) is 28.8 Å². The molecule has 0 saturated heterocycles. The van der Waals surface area contributed by atoms with Crippen LogP contribution in [0, 0.1) is 0 Å². The lowest BCUT2D eigenvalue weighted by molar-refractivity contribution is -0.117. The van der Waals surface area contributed by atoms with Crippen LogP contribution in [0.4, 0.5) is 34.1 Å². The van der Waals surface area contributed by atoms with Gasteiger partial charge in [-0.2, -0.15) is 0 Å². The van der Waals surface area contributed by atoms with Gasteiger partial charge in [-0.3, -0.25) is 44.7 Å². The molecule has 18 nitrogen and oxygen atoms in total. The van der Waals surface area contributed by atoms with Crippen molar-refractivity contribution in [2.45, 2.75) is 136 Å². The smallest absolute Gasteiger partial charge is 0.257 e. The van der Waals surface area contributed by atoms with Gasteiger partial charge in [0.2, 0.25) is 17.7 Å². The molecule has 0 unspecified atom stereocenters. The van der Waals surface area contributed by atoms with E-state index in [1.165, 1.54) is 0 Å². The second kappa shape index (κ2) is 39.7. The number of benzene rings is 6. The maximum absolute atomic E-state index is 12.4. The van der Waals surface area contributed by atoms with E-state index in [1.807, 2.05) is 78.7 Å². The van der Waals surface area contributed by atoms with Gasteiger partial charge in [0, 0.05) is 70.1 Å². The lowest BCUT2D eigenvalue weighted by Gasteiger charge is -2.19. The lowest BCUT2D eigenvalue weighted by atomic mass is 9.86. The fourth-order valence-electron chi connectivity index (χ4n) is 9.10. The standard InChI is InChI=1S/3C25H34N4O2S/c3*1-25(2,3)19-11-9-18(10-12-19)23(31)28-24(32)27-21-15-13-20(14-16-21)26-22(30)8-6-7-17-29(4)5/h3*9-16H,6-8,17H2,1-5H3,(H,26,30)(H2,27,28,31,32). The van der Waals surface area contributed by atoms with E-state index in [0.717, 1.165) is 109 Å². The number of carbonyl (C=O) groups is 6. The molecule has 21 heteroatoms. The Labute approximate surface area is 586 Å². The summed E-state index contributed by atoms with van der Waals surface area (Å²) < 4.78 is 0. The third-order valence-corrected chi connectivity index (χ3v) is 15.4. The number of amides is 6. The van der Waals surface area contributed by atoms with Crippen LogP contribution in [0.5, 0.6) is 0 Å². The van der Waals surface area contributed by atoms with Crippen LogP contribution in [-0.2, 0) is 30.6 Å². The second-order valence-corrected chi connectivity index (χ2v) is 28.6. The largest absolute Gasteiger partial charge is 0.332 e. The molecule has 0 aliphatic heterocycles. The SMILES string of the molecule is CN(C)CCCCC(=O)Nc1ccc(NC(=S)NC(=O)c2ccc(C(C)(C)C)cc2)cc1.CN(C)CCCCC(=O)Nc1ccc(NC(=S)NC(=O)c2ccc(C(C)(C)C)cc2)cc1.CN(C)CCCCC(=O)Nc1ccc(NC(=S)NC(=O)c2ccc(C(C)(C)C)cc2)cc1. The first kappa shape index (κ1) is 80.1. The molecule has 6 amide bonds. The van der Waals surface area contributed by atoms with Gasteiger partial charge in [0.1, 0.15) is 0 Å². The molecule has 6 aromatic rings. The van der Waals surface area contributed by atoms with Gasteiger partial charge in [-0.1, -0.05) is 98.7 Å². The Bertz CT molecular complexity index is 3120. The summed E-state index contributed by atoms with van der Waals surface area (Å²) in [6.07, 6.45) is 7.05. The van der Waals surface area contributed by atoms with Gasteiger partial charge in [-0.05, 0) is 279 Å². The Hall–Kier alpha value is -8.31. The predicted octanol–water partition coefficient (Wildman–Crippen LogP) is 14.3. The van der Waals surface area contributed by atoms with E-state index in [4.69, 9.17) is 36.7 Å². The first-order valence-corrected chi connectivity index (χ1v) is 33.7. The fraction of sp³-hybridized carbons (Fsp3) is 0.400. The third-order valence-electron chi connectivity index (χ3n) is 14.8. The Morgan fingerprint density at radius 3 is 0.656 bits per heavy atom. The van der Waals surface area contributed by atoms with Crippen molar-refractivity contribution in [1.29, 1.82) is 0 Å². The number of rotatable bonds is 24. The maximum atomic E-state index is 12.4. The fourth-order valence-corrected chi connectivity index (χ4v) is 9.73. The average Bonchev–Trinajstić information content (AvgIpc) is 1.03. The highest BCUT2D eigenvalue weighted by atomic mass is 32.1. The molecular formula is C75H102N12O6S3. The van der Waals surface area contributed by atoms with Crippen molar-refractivity contribution < 1.29 is 28.8 Å². The normalized spacial score (nSPS) is 11.2. The minimum absolute atomic E-state index is 0.00438. The van der Waals surface area contributed by atoms with Gasteiger partial charge < -0.3 is 46.6 Å². The quantitative estimate of drug-likeness (QED) is 0.0203. The summed E-state index contributed by atoms with van der Waals surface area (Å²) in [4.78, 5) is 79.8. The topological polar surface area (TPSA) is 220 Å². The van der Waals surface area contributed by atoms with Crippen LogP contribution in [0.25, 0.3) is 0 Å². The van der Waals surface area contributed by atoms with Crippen LogP contribution >= 0.6 is 36.7 Å². The number of carbonyl (C=O) groups excluding carboxylic acids is 6. The number of anilines is 6. The van der Waals surface area contributed by atoms with Gasteiger partial charge >= 0.3 is 0 Å². The number of hydrogen-bond acceptors (Lipinski definition) is 12. The second-order valence-electron chi connectivity index (χ2n) is 27.4. The number of unbranched alkanes of at least 4 members (excludes halogenated alkanes) is 3. The summed E-state index contributed by atoms with van der Waals surface area (Å²) in [7, 11) is 12.1. The molecule has 0 aliphatic carbocycles. The Kier molecular flexibility index (Phi) is 33.1. The minimum Gasteiger partial charge on any atom is -0.332 e. The van der Waals surface area contributed by atoms with Crippen LogP contribution in [-0.4, -0.2) is 127 Å². The summed E-state index contributed by atoms with van der Waals surface area (Å²) in [5.41, 5.74) is 9.57. The Morgan fingerprint density at radius 1 is 0.292 bits per heavy atom. The van der Waals surface area contributed by atoms with E-state index in [-0.39, 0.29) is 67.0 Å². The number of hydrogen-bond donors (Lipinski definition) is 9. The van der Waals surface area contributed by atoms with E-state index in [0.29, 0.717) is 36.0 Å². The van der Waals surface area contributed by atoms with E-state index >= 15 is 0 Å². The highest BCUT2D eigenvalue weighted by Gasteiger charge is 2.19.